The molecule has 1 amide bonds. The van der Waals surface area contributed by atoms with Gasteiger partial charge in [-0.25, -0.2) is 4.79 Å². The summed E-state index contributed by atoms with van der Waals surface area (Å²) in [6, 6.07) is 35.0. The maximum absolute atomic E-state index is 13.6. The van der Waals surface area contributed by atoms with Gasteiger partial charge in [0, 0.05) is 12.0 Å². The Hall–Kier alpha value is -4.82. The third kappa shape index (κ3) is 4.84. The highest BCUT2D eigenvalue weighted by molar-refractivity contribution is 5.79. The van der Waals surface area contributed by atoms with Gasteiger partial charge >= 0.3 is 6.09 Å². The van der Waals surface area contributed by atoms with Gasteiger partial charge in [0.15, 0.2) is 0 Å². The van der Waals surface area contributed by atoms with Crippen molar-refractivity contribution in [1.29, 1.82) is 5.26 Å². The number of rotatable bonds is 6. The summed E-state index contributed by atoms with van der Waals surface area (Å²) in [5.41, 5.74) is 8.71. The number of fused-ring (bicyclic) bond motifs is 5. The van der Waals surface area contributed by atoms with E-state index in [1.54, 1.807) is 0 Å². The Balaban J connectivity index is 1.08. The summed E-state index contributed by atoms with van der Waals surface area (Å²) in [6.07, 6.45) is 5.70. The summed E-state index contributed by atoms with van der Waals surface area (Å²) in [6.45, 7) is 0.732. The van der Waals surface area contributed by atoms with Crippen LogP contribution in [0.2, 0.25) is 0 Å². The molecule has 0 N–H and O–H groups in total. The highest BCUT2D eigenvalue weighted by atomic mass is 16.6. The van der Waals surface area contributed by atoms with Gasteiger partial charge in [0.25, 0.3) is 0 Å². The number of hydrogen-bond donors (Lipinski definition) is 0. The van der Waals surface area contributed by atoms with Gasteiger partial charge in [-0.15, -0.1) is 0 Å². The highest BCUT2D eigenvalue weighted by Crippen LogP contribution is 2.45. The monoisotopic (exact) mass is 552 g/mol. The van der Waals surface area contributed by atoms with Crippen molar-refractivity contribution in [2.45, 2.75) is 50.3 Å². The van der Waals surface area contributed by atoms with Gasteiger partial charge in [-0.2, -0.15) is 5.26 Å². The molecule has 42 heavy (non-hydrogen) atoms. The number of nitriles is 1. The average molecular weight is 553 g/mol. The van der Waals surface area contributed by atoms with E-state index >= 15 is 0 Å². The topological polar surface area (TPSA) is 62.6 Å². The Morgan fingerprint density at radius 1 is 0.881 bits per heavy atom. The zero-order valence-electron chi connectivity index (χ0n) is 23.4. The number of carbonyl (C=O) groups excluding carboxylic acids is 1. The maximum atomic E-state index is 13.6. The molecule has 4 aromatic carbocycles. The normalized spacial score (nSPS) is 18.8. The minimum Gasteiger partial charge on any atom is -0.488 e. The fraction of sp³-hybridized carbons (Fsp3) is 0.243. The molecule has 2 bridgehead atoms. The number of piperidine rings is 1. The van der Waals surface area contributed by atoms with E-state index in [1.807, 2.05) is 53.4 Å². The Labute approximate surface area is 246 Å². The van der Waals surface area contributed by atoms with Crippen molar-refractivity contribution in [3.8, 4) is 22.9 Å². The molecular weight excluding hydrogens is 520 g/mol. The van der Waals surface area contributed by atoms with E-state index in [4.69, 9.17) is 9.47 Å². The summed E-state index contributed by atoms with van der Waals surface area (Å²) in [4.78, 5) is 15.6. The van der Waals surface area contributed by atoms with Crippen molar-refractivity contribution in [3.63, 3.8) is 0 Å². The van der Waals surface area contributed by atoms with Gasteiger partial charge in [-0.1, -0.05) is 91.0 Å². The molecule has 5 heteroatoms. The van der Waals surface area contributed by atoms with Gasteiger partial charge in [0.1, 0.15) is 25.0 Å². The van der Waals surface area contributed by atoms with Crippen LogP contribution in [0.5, 0.6) is 5.75 Å². The summed E-state index contributed by atoms with van der Waals surface area (Å²) in [5, 5.41) is 9.68. The lowest BCUT2D eigenvalue weighted by Crippen LogP contribution is -2.51. The molecule has 0 saturated carbocycles. The molecule has 1 saturated heterocycles. The van der Waals surface area contributed by atoms with E-state index in [-0.39, 0.29) is 24.1 Å². The first-order chi connectivity index (χ1) is 20.7. The fourth-order valence-electron chi connectivity index (χ4n) is 6.87. The van der Waals surface area contributed by atoms with Crippen LogP contribution in [0.1, 0.15) is 59.4 Å². The Kier molecular flexibility index (Phi) is 6.97. The van der Waals surface area contributed by atoms with Crippen LogP contribution < -0.4 is 4.74 Å². The van der Waals surface area contributed by atoms with Gasteiger partial charge in [-0.3, -0.25) is 4.90 Å². The van der Waals surface area contributed by atoms with E-state index in [9.17, 15) is 10.1 Å². The van der Waals surface area contributed by atoms with Gasteiger partial charge < -0.3 is 9.47 Å². The predicted molar refractivity (Wildman–Crippen MR) is 163 cm³/mol. The van der Waals surface area contributed by atoms with Crippen LogP contribution in [0.25, 0.3) is 16.7 Å². The van der Waals surface area contributed by atoms with Crippen molar-refractivity contribution >= 4 is 11.7 Å². The molecule has 2 unspecified atom stereocenters. The summed E-state index contributed by atoms with van der Waals surface area (Å²) < 4.78 is 12.2. The van der Waals surface area contributed by atoms with Crippen LogP contribution in [0, 0.1) is 11.3 Å². The largest absolute Gasteiger partial charge is 0.488 e. The predicted octanol–water partition coefficient (Wildman–Crippen LogP) is 8.10. The number of ether oxygens (including phenoxy) is 2. The molecule has 0 aromatic heterocycles. The number of benzene rings is 4. The molecule has 0 radical (unpaired) electrons. The fourth-order valence-corrected chi connectivity index (χ4v) is 6.87. The molecule has 2 aliphatic heterocycles. The molecule has 7 rings (SSSR count). The second-order valence-corrected chi connectivity index (χ2v) is 11.4. The van der Waals surface area contributed by atoms with Crippen molar-refractivity contribution in [2.24, 2.45) is 0 Å². The Bertz CT molecular complexity index is 1660. The lowest BCUT2D eigenvalue weighted by Gasteiger charge is -2.44. The molecule has 1 aliphatic carbocycles. The van der Waals surface area contributed by atoms with E-state index in [0.29, 0.717) is 24.5 Å². The Morgan fingerprint density at radius 2 is 1.60 bits per heavy atom. The third-order valence-corrected chi connectivity index (χ3v) is 8.89. The summed E-state index contributed by atoms with van der Waals surface area (Å²) in [5.74, 6) is 0.633. The summed E-state index contributed by atoms with van der Waals surface area (Å²) >= 11 is 0. The van der Waals surface area contributed by atoms with Crippen molar-refractivity contribution < 1.29 is 14.3 Å². The number of nitrogens with zero attached hydrogens (tertiary/aromatic N) is 2. The average Bonchev–Trinajstić information content (AvgIpc) is 3.36. The molecule has 2 heterocycles. The highest BCUT2D eigenvalue weighted by Gasteiger charge is 2.39. The van der Waals surface area contributed by atoms with Crippen molar-refractivity contribution in [1.82, 2.24) is 4.90 Å². The van der Waals surface area contributed by atoms with Crippen molar-refractivity contribution in [2.75, 3.05) is 6.61 Å². The maximum Gasteiger partial charge on any atom is 0.410 e. The SMILES string of the molecule is N#Cc1ccc(C2=CC3CCCC(C2)N3C(=O)OCC2c3ccccc3-c3ccccc32)cc1OCc1ccccc1. The quantitative estimate of drug-likeness (QED) is 0.242. The number of amides is 1. The van der Waals surface area contributed by atoms with Gasteiger partial charge in [0.05, 0.1) is 11.6 Å². The minimum atomic E-state index is -0.228. The van der Waals surface area contributed by atoms with Gasteiger partial charge in [-0.05, 0) is 76.8 Å². The molecule has 5 nitrogen and oxygen atoms in total. The summed E-state index contributed by atoms with van der Waals surface area (Å²) in [7, 11) is 0. The van der Waals surface area contributed by atoms with E-state index in [0.717, 1.165) is 36.8 Å². The zero-order valence-corrected chi connectivity index (χ0v) is 23.4. The van der Waals surface area contributed by atoms with Crippen LogP contribution in [-0.4, -0.2) is 29.7 Å². The molecule has 208 valence electrons. The number of carbonyl (C=O) groups is 1. The second-order valence-electron chi connectivity index (χ2n) is 11.4. The van der Waals surface area contributed by atoms with Crippen molar-refractivity contribution in [3.05, 3.63) is 131 Å². The Morgan fingerprint density at radius 3 is 2.31 bits per heavy atom. The van der Waals surface area contributed by atoms with Crippen LogP contribution in [-0.2, 0) is 11.3 Å². The van der Waals surface area contributed by atoms with Crippen LogP contribution in [0.4, 0.5) is 4.79 Å². The second kappa shape index (κ2) is 11.2. The molecule has 0 spiro atoms. The minimum absolute atomic E-state index is 0.00696. The molecule has 3 aliphatic rings. The van der Waals surface area contributed by atoms with E-state index in [2.05, 4.69) is 60.7 Å². The zero-order chi connectivity index (χ0) is 28.5. The first-order valence-electron chi connectivity index (χ1n) is 14.7. The third-order valence-electron chi connectivity index (χ3n) is 8.89. The molecular formula is C37H32N2O3. The molecule has 2 atom stereocenters. The van der Waals surface area contributed by atoms with E-state index < -0.39 is 0 Å². The molecule has 1 fully saturated rings. The standard InChI is InChI=1S/C37H32N2O3/c38-22-27-18-17-26(21-36(27)41-23-25-9-2-1-3-10-25)28-19-29-11-8-12-30(20-28)39(29)37(40)42-24-35-33-15-6-4-13-31(33)32-14-5-7-16-34(32)35/h1-7,9-10,13-19,21,29-30,35H,8,11-12,20,23-24H2. The lowest BCUT2D eigenvalue weighted by molar-refractivity contribution is 0.0539. The smallest absolute Gasteiger partial charge is 0.410 e. The van der Waals surface area contributed by atoms with Gasteiger partial charge in [0.2, 0.25) is 0 Å². The number of hydrogen-bond acceptors (Lipinski definition) is 4. The van der Waals surface area contributed by atoms with Crippen LogP contribution in [0.3, 0.4) is 0 Å². The van der Waals surface area contributed by atoms with Crippen LogP contribution in [0.15, 0.2) is 103 Å². The van der Waals surface area contributed by atoms with E-state index in [1.165, 1.54) is 27.8 Å². The molecule has 4 aromatic rings. The van der Waals surface area contributed by atoms with Crippen LogP contribution >= 0.6 is 0 Å². The first kappa shape index (κ1) is 26.1. The lowest BCUT2D eigenvalue weighted by atomic mass is 9.83. The first-order valence-corrected chi connectivity index (χ1v) is 14.7.